The van der Waals surface area contributed by atoms with Crippen LogP contribution >= 0.6 is 0 Å². The summed E-state index contributed by atoms with van der Waals surface area (Å²) in [5.41, 5.74) is 0.853. The van der Waals surface area contributed by atoms with Crippen LogP contribution in [0.1, 0.15) is 31.2 Å². The van der Waals surface area contributed by atoms with E-state index in [1.165, 1.54) is 9.71 Å². The van der Waals surface area contributed by atoms with E-state index in [9.17, 15) is 8.42 Å². The van der Waals surface area contributed by atoms with Crippen LogP contribution in [0.4, 0.5) is 0 Å². The second kappa shape index (κ2) is 7.02. The number of benzene rings is 1. The van der Waals surface area contributed by atoms with E-state index >= 15 is 0 Å². The average Bonchev–Trinajstić information content (AvgIpc) is 2.97. The Hall–Kier alpha value is -1.17. The van der Waals surface area contributed by atoms with Crippen molar-refractivity contribution in [1.29, 1.82) is 0 Å². The van der Waals surface area contributed by atoms with E-state index in [2.05, 4.69) is 0 Å². The zero-order valence-corrected chi connectivity index (χ0v) is 12.3. The van der Waals surface area contributed by atoms with Gasteiger partial charge in [-0.15, -0.1) is 0 Å². The second-order valence-corrected chi connectivity index (χ2v) is 6.80. The molecule has 5 heteroatoms. The molecular weight excluding hydrogens is 274 g/mol. The Morgan fingerprint density at radius 2 is 1.85 bits per heavy atom. The Morgan fingerprint density at radius 3 is 2.45 bits per heavy atom. The molecule has 1 saturated carbocycles. The molecule has 1 aliphatic rings. The third kappa shape index (κ3) is 3.91. The predicted octanol–water partition coefficient (Wildman–Crippen LogP) is 2.22. The molecule has 20 heavy (non-hydrogen) atoms. The Kier molecular flexibility index (Phi) is 5.34. The first-order valence-corrected chi connectivity index (χ1v) is 8.49. The molecule has 1 aromatic carbocycles. The first kappa shape index (κ1) is 15.2. The molecule has 0 unspecified atom stereocenters. The van der Waals surface area contributed by atoms with Crippen molar-refractivity contribution >= 4 is 16.1 Å². The molecule has 1 N–H and O–H groups in total. The molecule has 2 rings (SSSR count). The molecule has 0 spiro atoms. The lowest BCUT2D eigenvalue weighted by Gasteiger charge is -2.25. The Bertz CT molecular complexity index is 533. The first-order chi connectivity index (χ1) is 9.63. The zero-order valence-electron chi connectivity index (χ0n) is 11.5. The molecule has 0 bridgehead atoms. The molecule has 0 aromatic heterocycles. The average molecular weight is 295 g/mol. The van der Waals surface area contributed by atoms with Gasteiger partial charge in [-0.25, -0.2) is 8.42 Å². The van der Waals surface area contributed by atoms with Crippen molar-refractivity contribution in [2.24, 2.45) is 0 Å². The number of rotatable bonds is 6. The standard InChI is InChI=1S/C15H21NO3S/c17-12-11-16(15-8-4-5-9-15)20(18,19)13-10-14-6-2-1-3-7-14/h1-3,6-7,10,13,15,17H,4-5,8-9,11-12H2. The van der Waals surface area contributed by atoms with Gasteiger partial charge in [-0.1, -0.05) is 43.2 Å². The van der Waals surface area contributed by atoms with Crippen molar-refractivity contribution in [3.05, 3.63) is 41.3 Å². The minimum Gasteiger partial charge on any atom is -0.395 e. The fraction of sp³-hybridized carbons (Fsp3) is 0.467. The van der Waals surface area contributed by atoms with Crippen molar-refractivity contribution in [3.63, 3.8) is 0 Å². The van der Waals surface area contributed by atoms with Crippen molar-refractivity contribution in [2.75, 3.05) is 13.2 Å². The largest absolute Gasteiger partial charge is 0.395 e. The van der Waals surface area contributed by atoms with Crippen molar-refractivity contribution in [3.8, 4) is 0 Å². The summed E-state index contributed by atoms with van der Waals surface area (Å²) in [5, 5.41) is 10.4. The highest BCUT2D eigenvalue weighted by Gasteiger charge is 2.29. The van der Waals surface area contributed by atoms with E-state index in [1.54, 1.807) is 6.08 Å². The quantitative estimate of drug-likeness (QED) is 0.875. The van der Waals surface area contributed by atoms with Gasteiger partial charge in [0.2, 0.25) is 10.0 Å². The van der Waals surface area contributed by atoms with Gasteiger partial charge in [0.15, 0.2) is 0 Å². The number of aliphatic hydroxyl groups excluding tert-OH is 1. The molecule has 0 atom stereocenters. The SMILES string of the molecule is O=S(=O)(C=Cc1ccccc1)N(CCO)C1CCCC1. The van der Waals surface area contributed by atoms with Gasteiger partial charge < -0.3 is 5.11 Å². The van der Waals surface area contributed by atoms with Crippen molar-refractivity contribution in [2.45, 2.75) is 31.7 Å². The summed E-state index contributed by atoms with van der Waals surface area (Å²) in [5.74, 6) is 0. The zero-order chi connectivity index (χ0) is 14.4. The molecule has 1 aliphatic carbocycles. The summed E-state index contributed by atoms with van der Waals surface area (Å²) in [7, 11) is -3.47. The van der Waals surface area contributed by atoms with Gasteiger partial charge in [0.05, 0.1) is 6.61 Å². The molecular formula is C15H21NO3S. The van der Waals surface area contributed by atoms with E-state index in [0.717, 1.165) is 31.2 Å². The van der Waals surface area contributed by atoms with E-state index in [1.807, 2.05) is 30.3 Å². The van der Waals surface area contributed by atoms with Crippen LogP contribution in [-0.4, -0.2) is 37.0 Å². The monoisotopic (exact) mass is 295 g/mol. The molecule has 0 saturated heterocycles. The van der Waals surface area contributed by atoms with Gasteiger partial charge in [-0.2, -0.15) is 4.31 Å². The maximum absolute atomic E-state index is 12.4. The molecule has 110 valence electrons. The molecule has 0 radical (unpaired) electrons. The van der Waals surface area contributed by atoms with E-state index in [-0.39, 0.29) is 19.2 Å². The van der Waals surface area contributed by atoms with Gasteiger partial charge in [-0.3, -0.25) is 0 Å². The highest BCUT2D eigenvalue weighted by molar-refractivity contribution is 7.92. The smallest absolute Gasteiger partial charge is 0.236 e. The fourth-order valence-corrected chi connectivity index (χ4v) is 4.06. The minimum atomic E-state index is -3.47. The van der Waals surface area contributed by atoms with Gasteiger partial charge in [0.25, 0.3) is 0 Å². The molecule has 0 aliphatic heterocycles. The Labute approximate surface area is 120 Å². The summed E-state index contributed by atoms with van der Waals surface area (Å²) >= 11 is 0. The van der Waals surface area contributed by atoms with Crippen LogP contribution in [-0.2, 0) is 10.0 Å². The number of nitrogens with zero attached hydrogens (tertiary/aromatic N) is 1. The topological polar surface area (TPSA) is 57.6 Å². The normalized spacial score (nSPS) is 17.3. The van der Waals surface area contributed by atoms with Crippen LogP contribution in [0.15, 0.2) is 35.7 Å². The molecule has 1 aromatic rings. The molecule has 0 amide bonds. The predicted molar refractivity (Wildman–Crippen MR) is 80.4 cm³/mol. The molecule has 4 nitrogen and oxygen atoms in total. The number of aliphatic hydroxyl groups is 1. The summed E-state index contributed by atoms with van der Waals surface area (Å²) in [6.07, 6.45) is 5.50. The lowest BCUT2D eigenvalue weighted by atomic mass is 10.2. The minimum absolute atomic E-state index is 0.0348. The van der Waals surface area contributed by atoms with Crippen LogP contribution in [0.25, 0.3) is 6.08 Å². The van der Waals surface area contributed by atoms with Crippen LogP contribution in [0, 0.1) is 0 Å². The second-order valence-electron chi connectivity index (χ2n) is 5.03. The van der Waals surface area contributed by atoms with Crippen LogP contribution in [0.2, 0.25) is 0 Å². The van der Waals surface area contributed by atoms with Gasteiger partial charge in [0.1, 0.15) is 0 Å². The van der Waals surface area contributed by atoms with E-state index in [0.29, 0.717) is 0 Å². The summed E-state index contributed by atoms with van der Waals surface area (Å²) < 4.78 is 26.3. The van der Waals surface area contributed by atoms with E-state index in [4.69, 9.17) is 5.11 Å². The highest BCUT2D eigenvalue weighted by Crippen LogP contribution is 2.26. The third-order valence-corrected chi connectivity index (χ3v) is 5.23. The Morgan fingerprint density at radius 1 is 1.20 bits per heavy atom. The lowest BCUT2D eigenvalue weighted by molar-refractivity contribution is 0.228. The van der Waals surface area contributed by atoms with Gasteiger partial charge >= 0.3 is 0 Å². The fourth-order valence-electron chi connectivity index (χ4n) is 2.62. The molecule has 0 heterocycles. The maximum atomic E-state index is 12.4. The lowest BCUT2D eigenvalue weighted by Crippen LogP contribution is -2.39. The van der Waals surface area contributed by atoms with Gasteiger partial charge in [-0.05, 0) is 24.5 Å². The van der Waals surface area contributed by atoms with Crippen molar-refractivity contribution < 1.29 is 13.5 Å². The molecule has 1 fully saturated rings. The summed E-state index contributed by atoms with van der Waals surface area (Å²) in [6.45, 7) is 0.0288. The van der Waals surface area contributed by atoms with E-state index < -0.39 is 10.0 Å². The Balaban J connectivity index is 2.15. The summed E-state index contributed by atoms with van der Waals surface area (Å²) in [4.78, 5) is 0. The summed E-state index contributed by atoms with van der Waals surface area (Å²) in [6, 6.07) is 9.38. The first-order valence-electron chi connectivity index (χ1n) is 6.99. The number of sulfonamides is 1. The third-order valence-electron chi connectivity index (χ3n) is 3.61. The van der Waals surface area contributed by atoms with Crippen molar-refractivity contribution in [1.82, 2.24) is 4.31 Å². The highest BCUT2D eigenvalue weighted by atomic mass is 32.2. The van der Waals surface area contributed by atoms with Crippen LogP contribution in [0.3, 0.4) is 0 Å². The van der Waals surface area contributed by atoms with Crippen LogP contribution < -0.4 is 0 Å². The maximum Gasteiger partial charge on any atom is 0.236 e. The number of hydrogen-bond donors (Lipinski definition) is 1. The van der Waals surface area contributed by atoms with Crippen LogP contribution in [0.5, 0.6) is 0 Å². The number of hydrogen-bond acceptors (Lipinski definition) is 3. The van der Waals surface area contributed by atoms with Gasteiger partial charge in [0, 0.05) is 18.0 Å².